The minimum absolute atomic E-state index is 0.0143. The van der Waals surface area contributed by atoms with Crippen LogP contribution in [-0.2, 0) is 16.6 Å². The summed E-state index contributed by atoms with van der Waals surface area (Å²) in [5.41, 5.74) is 1.63. The van der Waals surface area contributed by atoms with Crippen LogP contribution >= 0.6 is 11.6 Å². The van der Waals surface area contributed by atoms with Crippen molar-refractivity contribution in [2.24, 2.45) is 0 Å². The van der Waals surface area contributed by atoms with Crippen LogP contribution in [0, 0.1) is 12.7 Å². The van der Waals surface area contributed by atoms with E-state index in [2.05, 4.69) is 0 Å². The number of nitrogens with zero attached hydrogens (tertiary/aromatic N) is 1. The van der Waals surface area contributed by atoms with E-state index >= 15 is 0 Å². The van der Waals surface area contributed by atoms with Crippen molar-refractivity contribution in [1.29, 1.82) is 0 Å². The van der Waals surface area contributed by atoms with E-state index in [-0.39, 0.29) is 22.0 Å². The molecule has 0 radical (unpaired) electrons. The lowest BCUT2D eigenvalue weighted by Gasteiger charge is -2.25. The maximum Gasteiger partial charge on any atom is 0.266 e. The van der Waals surface area contributed by atoms with Gasteiger partial charge in [-0.15, -0.1) is 0 Å². The molecule has 0 N–H and O–H groups in total. The van der Waals surface area contributed by atoms with E-state index < -0.39 is 15.8 Å². The molecule has 0 heterocycles. The van der Waals surface area contributed by atoms with E-state index in [0.29, 0.717) is 5.69 Å². The number of anilines is 1. The van der Waals surface area contributed by atoms with Crippen LogP contribution in [0.1, 0.15) is 11.1 Å². The number of benzene rings is 3. The average molecular weight is 390 g/mol. The molecular weight excluding hydrogens is 373 g/mol. The van der Waals surface area contributed by atoms with Crippen molar-refractivity contribution in [3.63, 3.8) is 0 Å². The van der Waals surface area contributed by atoms with Crippen LogP contribution in [0.5, 0.6) is 0 Å². The summed E-state index contributed by atoms with van der Waals surface area (Å²) < 4.78 is 41.9. The zero-order chi connectivity index (χ0) is 18.7. The Morgan fingerprint density at radius 1 is 0.962 bits per heavy atom. The summed E-state index contributed by atoms with van der Waals surface area (Å²) in [6, 6.07) is 19.4. The van der Waals surface area contributed by atoms with E-state index in [0.717, 1.165) is 5.56 Å². The second-order valence-corrected chi connectivity index (χ2v) is 8.11. The smallest absolute Gasteiger partial charge is 0.262 e. The largest absolute Gasteiger partial charge is 0.266 e. The summed E-state index contributed by atoms with van der Waals surface area (Å²) in [4.78, 5) is -0.0143. The lowest BCUT2D eigenvalue weighted by atomic mass is 10.2. The third kappa shape index (κ3) is 3.74. The maximum atomic E-state index is 14.2. The van der Waals surface area contributed by atoms with Crippen molar-refractivity contribution in [2.75, 3.05) is 4.31 Å². The van der Waals surface area contributed by atoms with E-state index in [1.165, 1.54) is 22.5 Å². The second-order valence-electron chi connectivity index (χ2n) is 5.87. The van der Waals surface area contributed by atoms with Crippen molar-refractivity contribution < 1.29 is 12.8 Å². The predicted molar refractivity (Wildman–Crippen MR) is 102 cm³/mol. The Hall–Kier alpha value is -2.37. The van der Waals surface area contributed by atoms with Gasteiger partial charge in [-0.05, 0) is 42.8 Å². The highest BCUT2D eigenvalue weighted by molar-refractivity contribution is 7.93. The Morgan fingerprint density at radius 2 is 1.65 bits per heavy atom. The SMILES string of the molecule is Cc1cccc(N(Cc2ccccc2F)S(=O)(=O)c2ccccc2Cl)c1. The minimum atomic E-state index is -3.98. The molecule has 0 fully saturated rings. The molecule has 3 rings (SSSR count). The molecule has 0 saturated carbocycles. The number of aryl methyl sites for hydroxylation is 1. The van der Waals surface area contributed by atoms with Gasteiger partial charge in [0.15, 0.2) is 0 Å². The molecule has 3 aromatic rings. The molecule has 3 nitrogen and oxygen atoms in total. The standard InChI is InChI=1S/C20H17ClFNO2S/c1-15-7-6-9-17(13-15)23(14-16-8-2-4-11-19(16)22)26(24,25)20-12-5-3-10-18(20)21/h2-13H,14H2,1H3. The van der Waals surface area contributed by atoms with E-state index in [9.17, 15) is 12.8 Å². The molecule has 0 bridgehead atoms. The third-order valence-corrected chi connectivity index (χ3v) is 6.24. The number of sulfonamides is 1. The van der Waals surface area contributed by atoms with Crippen LogP contribution in [0.3, 0.4) is 0 Å². The molecule has 0 saturated heterocycles. The summed E-state index contributed by atoms with van der Waals surface area (Å²) in [7, 11) is -3.98. The molecule has 134 valence electrons. The van der Waals surface area contributed by atoms with Crippen LogP contribution in [0.4, 0.5) is 10.1 Å². The lowest BCUT2D eigenvalue weighted by molar-refractivity contribution is 0.585. The fourth-order valence-corrected chi connectivity index (χ4v) is 4.58. The van der Waals surface area contributed by atoms with Gasteiger partial charge in [-0.25, -0.2) is 12.8 Å². The zero-order valence-electron chi connectivity index (χ0n) is 14.1. The van der Waals surface area contributed by atoms with Gasteiger partial charge in [-0.2, -0.15) is 0 Å². The highest BCUT2D eigenvalue weighted by atomic mass is 35.5. The predicted octanol–water partition coefficient (Wildman–Crippen LogP) is 5.18. The van der Waals surface area contributed by atoms with Crippen LogP contribution in [-0.4, -0.2) is 8.42 Å². The molecule has 6 heteroatoms. The van der Waals surface area contributed by atoms with Crippen LogP contribution in [0.15, 0.2) is 77.7 Å². The Labute approximate surface area is 157 Å². The molecular formula is C20H17ClFNO2S. The molecule has 26 heavy (non-hydrogen) atoms. The quantitative estimate of drug-likeness (QED) is 0.602. The topological polar surface area (TPSA) is 37.4 Å². The fraction of sp³-hybridized carbons (Fsp3) is 0.100. The average Bonchev–Trinajstić information content (AvgIpc) is 2.61. The molecule has 0 atom stereocenters. The maximum absolute atomic E-state index is 14.2. The number of hydrogen-bond acceptors (Lipinski definition) is 2. The van der Waals surface area contributed by atoms with E-state index in [1.807, 2.05) is 13.0 Å². The van der Waals surface area contributed by atoms with Gasteiger partial charge in [0, 0.05) is 5.56 Å². The molecule has 0 aliphatic carbocycles. The highest BCUT2D eigenvalue weighted by Crippen LogP contribution is 2.30. The van der Waals surface area contributed by atoms with Crippen molar-refractivity contribution >= 4 is 27.3 Å². The summed E-state index contributed by atoms with van der Waals surface area (Å²) >= 11 is 6.13. The van der Waals surface area contributed by atoms with Gasteiger partial charge in [-0.1, -0.05) is 54.1 Å². The Balaban J connectivity index is 2.15. The van der Waals surface area contributed by atoms with Crippen molar-refractivity contribution in [3.05, 3.63) is 94.8 Å². The van der Waals surface area contributed by atoms with E-state index in [4.69, 9.17) is 11.6 Å². The molecule has 0 aliphatic rings. The van der Waals surface area contributed by atoms with Gasteiger partial charge in [0.2, 0.25) is 0 Å². The van der Waals surface area contributed by atoms with Crippen LogP contribution < -0.4 is 4.31 Å². The molecule has 0 unspecified atom stereocenters. The van der Waals surface area contributed by atoms with Gasteiger partial charge in [0.1, 0.15) is 10.7 Å². The van der Waals surface area contributed by atoms with Crippen molar-refractivity contribution in [1.82, 2.24) is 0 Å². The molecule has 3 aromatic carbocycles. The second kappa shape index (κ2) is 7.48. The Kier molecular flexibility index (Phi) is 5.30. The zero-order valence-corrected chi connectivity index (χ0v) is 15.6. The summed E-state index contributed by atoms with van der Waals surface area (Å²) in [5, 5.41) is 0.124. The number of rotatable bonds is 5. The summed E-state index contributed by atoms with van der Waals surface area (Å²) in [6.07, 6.45) is 0. The van der Waals surface area contributed by atoms with Gasteiger partial charge in [0.25, 0.3) is 10.0 Å². The Morgan fingerprint density at radius 3 is 2.35 bits per heavy atom. The van der Waals surface area contributed by atoms with Crippen LogP contribution in [0.25, 0.3) is 0 Å². The summed E-state index contributed by atoms with van der Waals surface area (Å²) in [5.74, 6) is -0.459. The monoisotopic (exact) mass is 389 g/mol. The first-order valence-electron chi connectivity index (χ1n) is 7.97. The van der Waals surface area contributed by atoms with Gasteiger partial charge in [-0.3, -0.25) is 4.31 Å². The lowest BCUT2D eigenvalue weighted by Crippen LogP contribution is -2.31. The van der Waals surface area contributed by atoms with Crippen LogP contribution in [0.2, 0.25) is 5.02 Å². The molecule has 0 aromatic heterocycles. The summed E-state index contributed by atoms with van der Waals surface area (Å²) in [6.45, 7) is 1.73. The minimum Gasteiger partial charge on any atom is -0.262 e. The molecule has 0 aliphatic heterocycles. The van der Waals surface area contributed by atoms with Gasteiger partial charge >= 0.3 is 0 Å². The first-order chi connectivity index (χ1) is 12.4. The normalized spacial score (nSPS) is 11.3. The highest BCUT2D eigenvalue weighted by Gasteiger charge is 2.28. The van der Waals surface area contributed by atoms with Gasteiger partial charge in [0.05, 0.1) is 17.3 Å². The Bertz CT molecular complexity index is 1040. The molecule has 0 amide bonds. The fourth-order valence-electron chi connectivity index (χ4n) is 2.65. The first-order valence-corrected chi connectivity index (χ1v) is 9.79. The van der Waals surface area contributed by atoms with Crippen molar-refractivity contribution in [3.8, 4) is 0 Å². The van der Waals surface area contributed by atoms with Gasteiger partial charge < -0.3 is 0 Å². The third-order valence-electron chi connectivity index (χ3n) is 3.97. The number of hydrogen-bond donors (Lipinski definition) is 0. The first kappa shape index (κ1) is 18.4. The van der Waals surface area contributed by atoms with Crippen molar-refractivity contribution in [2.45, 2.75) is 18.4 Å². The molecule has 0 spiro atoms. The number of halogens is 2. The van der Waals surface area contributed by atoms with E-state index in [1.54, 1.807) is 48.5 Å².